The number of rotatable bonds is 4. The van der Waals surface area contributed by atoms with Gasteiger partial charge in [0, 0.05) is 29.1 Å². The molecule has 0 aliphatic heterocycles. The van der Waals surface area contributed by atoms with Gasteiger partial charge in [0.15, 0.2) is 5.65 Å². The zero-order valence-corrected chi connectivity index (χ0v) is 16.9. The topological polar surface area (TPSA) is 74.0 Å². The molecule has 0 aliphatic carbocycles. The van der Waals surface area contributed by atoms with Gasteiger partial charge in [-0.05, 0) is 54.4 Å². The van der Waals surface area contributed by atoms with Crippen LogP contribution in [0.5, 0.6) is 0 Å². The van der Waals surface area contributed by atoms with E-state index < -0.39 is 11.6 Å². The molecule has 5 rings (SSSR count). The monoisotopic (exact) mass is 434 g/mol. The zero-order valence-electron chi connectivity index (χ0n) is 16.9. The van der Waals surface area contributed by atoms with Crippen LogP contribution >= 0.6 is 0 Å². The number of hydrogen-bond acceptors (Lipinski definition) is 4. The first kappa shape index (κ1) is 19.8. The Morgan fingerprint density at radius 3 is 2.38 bits per heavy atom. The molecular weight excluding hydrogens is 417 g/mol. The number of hydrogen-bond donors (Lipinski definition) is 1. The van der Waals surface area contributed by atoms with Gasteiger partial charge >= 0.3 is 0 Å². The maximum absolute atomic E-state index is 15.5. The Morgan fingerprint density at radius 2 is 1.62 bits per heavy atom. The molecule has 3 aromatic heterocycles. The lowest BCUT2D eigenvalue weighted by Crippen LogP contribution is -2.06. The van der Waals surface area contributed by atoms with E-state index in [4.69, 9.17) is 5.73 Å². The molecule has 9 heteroatoms. The lowest BCUT2D eigenvalue weighted by Gasteiger charge is -2.12. The van der Waals surface area contributed by atoms with Crippen LogP contribution in [0, 0.1) is 17.5 Å². The van der Waals surface area contributed by atoms with Crippen molar-refractivity contribution in [3.63, 3.8) is 0 Å². The quantitative estimate of drug-likeness (QED) is 0.438. The van der Waals surface area contributed by atoms with Gasteiger partial charge in [0.2, 0.25) is 5.95 Å². The summed E-state index contributed by atoms with van der Waals surface area (Å²) < 4.78 is 46.3. The highest BCUT2D eigenvalue weighted by Crippen LogP contribution is 2.33. The summed E-state index contributed by atoms with van der Waals surface area (Å²) in [5.74, 6) is -1.41. The standard InChI is InChI=1S/C23H17F3N6/c1-13(14-2-4-17(24)5-3-14)32-12-16(11-28-32)20-10-18(25)9-19(22(20)26)15-6-7-31-21(8-15)29-23(27)30-31/h2-13H,1H3,(H2,27,30). The van der Waals surface area contributed by atoms with Crippen molar-refractivity contribution in [2.24, 2.45) is 0 Å². The second-order valence-corrected chi connectivity index (χ2v) is 7.44. The summed E-state index contributed by atoms with van der Waals surface area (Å²) in [4.78, 5) is 4.07. The maximum Gasteiger partial charge on any atom is 0.240 e. The summed E-state index contributed by atoms with van der Waals surface area (Å²) in [5, 5.41) is 8.29. The first-order valence-corrected chi connectivity index (χ1v) is 9.80. The number of benzene rings is 2. The molecule has 0 spiro atoms. The van der Waals surface area contributed by atoms with E-state index in [9.17, 15) is 8.78 Å². The van der Waals surface area contributed by atoms with Gasteiger partial charge in [-0.1, -0.05) is 12.1 Å². The van der Waals surface area contributed by atoms with E-state index in [1.165, 1.54) is 22.8 Å². The summed E-state index contributed by atoms with van der Waals surface area (Å²) >= 11 is 0. The maximum atomic E-state index is 15.5. The van der Waals surface area contributed by atoms with Gasteiger partial charge in [-0.2, -0.15) is 10.1 Å². The molecule has 3 heterocycles. The zero-order chi connectivity index (χ0) is 22.4. The number of nitrogens with two attached hydrogens (primary N) is 1. The lowest BCUT2D eigenvalue weighted by atomic mass is 10.00. The third-order valence-corrected chi connectivity index (χ3v) is 5.36. The highest BCUT2D eigenvalue weighted by molar-refractivity contribution is 5.75. The summed E-state index contributed by atoms with van der Waals surface area (Å²) in [6.07, 6.45) is 4.70. The molecule has 2 N–H and O–H groups in total. The molecule has 160 valence electrons. The number of halogens is 3. The van der Waals surface area contributed by atoms with E-state index in [0.717, 1.165) is 17.7 Å². The fourth-order valence-corrected chi connectivity index (χ4v) is 3.66. The van der Waals surface area contributed by atoms with Gasteiger partial charge in [0.1, 0.15) is 17.5 Å². The molecule has 1 atom stereocenters. The molecule has 0 fully saturated rings. The fraction of sp³-hybridized carbons (Fsp3) is 0.0870. The van der Waals surface area contributed by atoms with Crippen LogP contribution in [0.1, 0.15) is 18.5 Å². The Bertz CT molecular complexity index is 1440. The summed E-state index contributed by atoms with van der Waals surface area (Å²) in [6, 6.07) is 11.3. The molecule has 32 heavy (non-hydrogen) atoms. The average Bonchev–Trinajstić information content (AvgIpc) is 3.40. The van der Waals surface area contributed by atoms with E-state index in [2.05, 4.69) is 15.2 Å². The molecule has 2 aromatic carbocycles. The largest absolute Gasteiger partial charge is 0.366 e. The normalized spacial score (nSPS) is 12.4. The first-order chi connectivity index (χ1) is 15.4. The molecule has 0 amide bonds. The van der Waals surface area contributed by atoms with Crippen LogP contribution in [-0.4, -0.2) is 24.4 Å². The predicted octanol–water partition coefficient (Wildman–Crippen LogP) is 4.87. The van der Waals surface area contributed by atoms with Crippen LogP contribution in [-0.2, 0) is 0 Å². The van der Waals surface area contributed by atoms with E-state index >= 15 is 4.39 Å². The van der Waals surface area contributed by atoms with E-state index in [0.29, 0.717) is 16.8 Å². The van der Waals surface area contributed by atoms with Crippen molar-refractivity contribution in [1.29, 1.82) is 0 Å². The van der Waals surface area contributed by atoms with Crippen molar-refractivity contribution in [1.82, 2.24) is 24.4 Å². The van der Waals surface area contributed by atoms with Gasteiger partial charge in [0.05, 0.1) is 12.2 Å². The number of aromatic nitrogens is 5. The third kappa shape index (κ3) is 3.47. The Labute approximate surface area is 180 Å². The summed E-state index contributed by atoms with van der Waals surface area (Å²) in [5.41, 5.74) is 7.89. The summed E-state index contributed by atoms with van der Waals surface area (Å²) in [6.45, 7) is 1.89. The minimum Gasteiger partial charge on any atom is -0.366 e. The summed E-state index contributed by atoms with van der Waals surface area (Å²) in [7, 11) is 0. The lowest BCUT2D eigenvalue weighted by molar-refractivity contribution is 0.561. The molecule has 5 aromatic rings. The smallest absolute Gasteiger partial charge is 0.240 e. The highest BCUT2D eigenvalue weighted by Gasteiger charge is 2.18. The molecule has 0 radical (unpaired) electrons. The Kier molecular flexibility index (Phi) is 4.66. The van der Waals surface area contributed by atoms with Crippen molar-refractivity contribution in [2.75, 3.05) is 5.73 Å². The van der Waals surface area contributed by atoms with Crippen LogP contribution in [0.3, 0.4) is 0 Å². The average molecular weight is 434 g/mol. The SMILES string of the molecule is CC(c1ccc(F)cc1)n1cc(-c2cc(F)cc(-c3ccn4nc(N)nc4c3)c2F)cn1. The van der Waals surface area contributed by atoms with Crippen LogP contribution in [0.15, 0.2) is 67.1 Å². The minimum atomic E-state index is -0.586. The predicted molar refractivity (Wildman–Crippen MR) is 114 cm³/mol. The van der Waals surface area contributed by atoms with Gasteiger partial charge in [0.25, 0.3) is 0 Å². The van der Waals surface area contributed by atoms with Crippen LogP contribution in [0.4, 0.5) is 19.1 Å². The molecule has 0 bridgehead atoms. The molecular formula is C23H17F3N6. The van der Waals surface area contributed by atoms with E-state index in [1.54, 1.807) is 41.3 Å². The molecule has 0 saturated carbocycles. The van der Waals surface area contributed by atoms with Crippen LogP contribution < -0.4 is 5.73 Å². The number of anilines is 1. The molecule has 1 unspecified atom stereocenters. The highest BCUT2D eigenvalue weighted by atomic mass is 19.1. The number of fused-ring (bicyclic) bond motifs is 1. The van der Waals surface area contributed by atoms with Crippen molar-refractivity contribution in [3.8, 4) is 22.3 Å². The van der Waals surface area contributed by atoms with Crippen LogP contribution in [0.2, 0.25) is 0 Å². The van der Waals surface area contributed by atoms with Crippen molar-refractivity contribution in [3.05, 3.63) is 90.1 Å². The van der Waals surface area contributed by atoms with Crippen LogP contribution in [0.25, 0.3) is 27.9 Å². The van der Waals surface area contributed by atoms with E-state index in [-0.39, 0.29) is 28.9 Å². The third-order valence-electron chi connectivity index (χ3n) is 5.36. The number of nitrogens with zero attached hydrogens (tertiary/aromatic N) is 5. The van der Waals surface area contributed by atoms with Gasteiger partial charge in [-0.15, -0.1) is 5.10 Å². The van der Waals surface area contributed by atoms with Crippen molar-refractivity contribution < 1.29 is 13.2 Å². The number of nitrogen functional groups attached to an aromatic ring is 1. The fourth-order valence-electron chi connectivity index (χ4n) is 3.66. The molecule has 0 saturated heterocycles. The van der Waals surface area contributed by atoms with Gasteiger partial charge < -0.3 is 5.73 Å². The van der Waals surface area contributed by atoms with Crippen molar-refractivity contribution in [2.45, 2.75) is 13.0 Å². The van der Waals surface area contributed by atoms with Gasteiger partial charge in [-0.25, -0.2) is 17.7 Å². The first-order valence-electron chi connectivity index (χ1n) is 9.80. The minimum absolute atomic E-state index is 0.0819. The number of pyridine rings is 1. The Hall–Kier alpha value is -4.14. The Balaban J connectivity index is 1.54. The second kappa shape index (κ2) is 7.52. The van der Waals surface area contributed by atoms with Gasteiger partial charge in [-0.3, -0.25) is 4.68 Å². The molecule has 6 nitrogen and oxygen atoms in total. The second-order valence-electron chi connectivity index (χ2n) is 7.44. The Morgan fingerprint density at radius 1 is 0.906 bits per heavy atom. The molecule has 0 aliphatic rings. The van der Waals surface area contributed by atoms with Crippen molar-refractivity contribution >= 4 is 11.6 Å². The van der Waals surface area contributed by atoms with E-state index in [1.807, 2.05) is 6.92 Å².